The molecule has 0 atom stereocenters. The van der Waals surface area contributed by atoms with Crippen LogP contribution in [-0.4, -0.2) is 20.9 Å². The van der Waals surface area contributed by atoms with E-state index in [2.05, 4.69) is 20.3 Å². The van der Waals surface area contributed by atoms with Crippen LogP contribution >= 0.6 is 0 Å². The summed E-state index contributed by atoms with van der Waals surface area (Å²) in [6, 6.07) is 9.24. The van der Waals surface area contributed by atoms with Crippen LogP contribution in [0.5, 0.6) is 0 Å². The molecule has 1 N–H and O–H groups in total. The van der Waals surface area contributed by atoms with Crippen molar-refractivity contribution in [2.75, 3.05) is 5.32 Å². The lowest BCUT2D eigenvalue weighted by atomic mass is 10.1. The van der Waals surface area contributed by atoms with E-state index < -0.39 is 0 Å². The average Bonchev–Trinajstić information content (AvgIpc) is 2.47. The van der Waals surface area contributed by atoms with E-state index in [1.54, 1.807) is 18.5 Å². The van der Waals surface area contributed by atoms with Gasteiger partial charge in [0.2, 0.25) is 0 Å². The monoisotopic (exact) mass is 250 g/mol. The van der Waals surface area contributed by atoms with Crippen molar-refractivity contribution in [2.24, 2.45) is 0 Å². The third kappa shape index (κ3) is 2.26. The highest BCUT2D eigenvalue weighted by Crippen LogP contribution is 2.16. The average molecular weight is 250 g/mol. The molecule has 3 aromatic rings. The molecule has 0 spiro atoms. The van der Waals surface area contributed by atoms with Gasteiger partial charge in [-0.25, -0.2) is 4.98 Å². The maximum Gasteiger partial charge on any atom is 0.259 e. The molecule has 19 heavy (non-hydrogen) atoms. The number of pyridine rings is 1. The molecule has 5 nitrogen and oxygen atoms in total. The predicted molar refractivity (Wildman–Crippen MR) is 71.7 cm³/mol. The van der Waals surface area contributed by atoms with Gasteiger partial charge in [0, 0.05) is 24.0 Å². The number of hydrogen-bond donors (Lipinski definition) is 1. The van der Waals surface area contributed by atoms with E-state index in [-0.39, 0.29) is 5.91 Å². The number of fused-ring (bicyclic) bond motifs is 1. The lowest BCUT2D eigenvalue weighted by molar-refractivity contribution is 0.102. The number of amides is 1. The van der Waals surface area contributed by atoms with Crippen LogP contribution in [0.15, 0.2) is 55.1 Å². The molecule has 1 aromatic carbocycles. The number of aromatic nitrogens is 3. The first kappa shape index (κ1) is 11.3. The molecule has 3 rings (SSSR count). The summed E-state index contributed by atoms with van der Waals surface area (Å²) < 4.78 is 0. The van der Waals surface area contributed by atoms with Crippen LogP contribution in [0.2, 0.25) is 0 Å². The van der Waals surface area contributed by atoms with Crippen molar-refractivity contribution in [1.29, 1.82) is 0 Å². The molecule has 0 aliphatic rings. The SMILES string of the molecule is O=C(Nc1cnccn1)c1cccc2cccnc12. The van der Waals surface area contributed by atoms with Gasteiger partial charge in [-0.2, -0.15) is 0 Å². The summed E-state index contributed by atoms with van der Waals surface area (Å²) >= 11 is 0. The van der Waals surface area contributed by atoms with Gasteiger partial charge in [0.15, 0.2) is 5.82 Å². The second kappa shape index (κ2) is 4.81. The van der Waals surface area contributed by atoms with Gasteiger partial charge in [-0.15, -0.1) is 0 Å². The highest BCUT2D eigenvalue weighted by Gasteiger charge is 2.11. The first-order valence-corrected chi connectivity index (χ1v) is 5.76. The van der Waals surface area contributed by atoms with Gasteiger partial charge in [0.1, 0.15) is 0 Å². The zero-order valence-electron chi connectivity index (χ0n) is 9.95. The molecule has 0 unspecified atom stereocenters. The summed E-state index contributed by atoms with van der Waals surface area (Å²) in [7, 11) is 0. The minimum Gasteiger partial charge on any atom is -0.305 e. The summed E-state index contributed by atoms with van der Waals surface area (Å²) in [5, 5.41) is 3.62. The molecular weight excluding hydrogens is 240 g/mol. The van der Waals surface area contributed by atoms with Crippen molar-refractivity contribution in [3.63, 3.8) is 0 Å². The van der Waals surface area contributed by atoms with Crippen LogP contribution in [0.3, 0.4) is 0 Å². The minimum absolute atomic E-state index is 0.246. The summed E-state index contributed by atoms with van der Waals surface area (Å²) in [5.74, 6) is 0.172. The minimum atomic E-state index is -0.246. The predicted octanol–water partition coefficient (Wildman–Crippen LogP) is 2.28. The number of nitrogens with one attached hydrogen (secondary N) is 1. The highest BCUT2D eigenvalue weighted by atomic mass is 16.1. The summed E-state index contributed by atoms with van der Waals surface area (Å²) in [6.07, 6.45) is 6.24. The fourth-order valence-electron chi connectivity index (χ4n) is 1.83. The second-order valence-corrected chi connectivity index (χ2v) is 3.93. The van der Waals surface area contributed by atoms with E-state index in [0.29, 0.717) is 16.9 Å². The summed E-state index contributed by atoms with van der Waals surface area (Å²) in [5.41, 5.74) is 1.19. The number of carbonyl (C=O) groups is 1. The fourth-order valence-corrected chi connectivity index (χ4v) is 1.83. The number of para-hydroxylation sites is 1. The number of nitrogens with zero attached hydrogens (tertiary/aromatic N) is 3. The van der Waals surface area contributed by atoms with Crippen molar-refractivity contribution < 1.29 is 4.79 Å². The van der Waals surface area contributed by atoms with E-state index >= 15 is 0 Å². The molecular formula is C14H10N4O. The van der Waals surface area contributed by atoms with Gasteiger partial charge in [0.05, 0.1) is 17.3 Å². The van der Waals surface area contributed by atoms with Crippen molar-refractivity contribution in [1.82, 2.24) is 15.0 Å². The number of anilines is 1. The van der Waals surface area contributed by atoms with Crippen molar-refractivity contribution >= 4 is 22.6 Å². The van der Waals surface area contributed by atoms with E-state index in [0.717, 1.165) is 5.39 Å². The Balaban J connectivity index is 1.98. The Morgan fingerprint density at radius 1 is 1.00 bits per heavy atom. The maximum absolute atomic E-state index is 12.2. The number of hydrogen-bond acceptors (Lipinski definition) is 4. The van der Waals surface area contributed by atoms with Gasteiger partial charge in [-0.05, 0) is 12.1 Å². The second-order valence-electron chi connectivity index (χ2n) is 3.93. The van der Waals surface area contributed by atoms with Crippen molar-refractivity contribution in [3.8, 4) is 0 Å². The molecule has 0 radical (unpaired) electrons. The Hall–Kier alpha value is -2.82. The molecule has 1 amide bonds. The zero-order chi connectivity index (χ0) is 13.1. The molecule has 0 saturated carbocycles. The molecule has 5 heteroatoms. The Bertz CT molecular complexity index is 722. The van der Waals surface area contributed by atoms with E-state index in [1.807, 2.05) is 24.3 Å². The smallest absolute Gasteiger partial charge is 0.259 e. The zero-order valence-corrected chi connectivity index (χ0v) is 9.95. The first-order chi connectivity index (χ1) is 9.34. The normalized spacial score (nSPS) is 10.3. The van der Waals surface area contributed by atoms with Crippen LogP contribution in [0.4, 0.5) is 5.82 Å². The molecule has 0 aliphatic heterocycles. The van der Waals surface area contributed by atoms with Gasteiger partial charge < -0.3 is 5.32 Å². The standard InChI is InChI=1S/C14H10N4O/c19-14(18-12-9-15-7-8-16-12)11-5-1-3-10-4-2-6-17-13(10)11/h1-9H,(H,16,18,19). The molecule has 2 aromatic heterocycles. The third-order valence-corrected chi connectivity index (χ3v) is 2.68. The highest BCUT2D eigenvalue weighted by molar-refractivity contribution is 6.11. The Morgan fingerprint density at radius 2 is 1.89 bits per heavy atom. The molecule has 2 heterocycles. The van der Waals surface area contributed by atoms with Crippen LogP contribution in [-0.2, 0) is 0 Å². The molecule has 0 bridgehead atoms. The quantitative estimate of drug-likeness (QED) is 0.757. The third-order valence-electron chi connectivity index (χ3n) is 2.68. The number of carbonyl (C=O) groups excluding carboxylic acids is 1. The Labute approximate surface area is 109 Å². The van der Waals surface area contributed by atoms with Crippen molar-refractivity contribution in [2.45, 2.75) is 0 Å². The van der Waals surface area contributed by atoms with Crippen LogP contribution in [0.25, 0.3) is 10.9 Å². The van der Waals surface area contributed by atoms with Gasteiger partial charge in [-0.3, -0.25) is 14.8 Å². The van der Waals surface area contributed by atoms with Gasteiger partial charge in [0.25, 0.3) is 5.91 Å². The molecule has 0 aliphatic carbocycles. The van der Waals surface area contributed by atoms with Crippen LogP contribution in [0, 0.1) is 0 Å². The summed E-state index contributed by atoms with van der Waals surface area (Å²) in [4.78, 5) is 24.4. The van der Waals surface area contributed by atoms with Crippen LogP contribution in [0.1, 0.15) is 10.4 Å². The van der Waals surface area contributed by atoms with E-state index in [9.17, 15) is 4.79 Å². The lowest BCUT2D eigenvalue weighted by Crippen LogP contribution is -2.13. The topological polar surface area (TPSA) is 67.8 Å². The molecule has 0 fully saturated rings. The maximum atomic E-state index is 12.2. The fraction of sp³-hybridized carbons (Fsp3) is 0. The van der Waals surface area contributed by atoms with Crippen molar-refractivity contribution in [3.05, 3.63) is 60.7 Å². The largest absolute Gasteiger partial charge is 0.305 e. The number of rotatable bonds is 2. The van der Waals surface area contributed by atoms with E-state index in [4.69, 9.17) is 0 Å². The Morgan fingerprint density at radius 3 is 2.74 bits per heavy atom. The van der Waals surface area contributed by atoms with Gasteiger partial charge >= 0.3 is 0 Å². The molecule has 92 valence electrons. The van der Waals surface area contributed by atoms with E-state index in [1.165, 1.54) is 12.4 Å². The lowest BCUT2D eigenvalue weighted by Gasteiger charge is -2.06. The Kier molecular flexibility index (Phi) is 2.86. The molecule has 0 saturated heterocycles. The number of benzene rings is 1. The first-order valence-electron chi connectivity index (χ1n) is 5.76. The van der Waals surface area contributed by atoms with Gasteiger partial charge in [-0.1, -0.05) is 18.2 Å². The summed E-state index contributed by atoms with van der Waals surface area (Å²) in [6.45, 7) is 0. The van der Waals surface area contributed by atoms with Crippen LogP contribution < -0.4 is 5.32 Å².